The Kier molecular flexibility index (Phi) is 3.94. The van der Waals surface area contributed by atoms with Crippen molar-refractivity contribution in [1.29, 1.82) is 0 Å². The van der Waals surface area contributed by atoms with Gasteiger partial charge in [0.15, 0.2) is 11.1 Å². The fourth-order valence-electron chi connectivity index (χ4n) is 3.13. The fourth-order valence-corrected chi connectivity index (χ4v) is 3.13. The van der Waals surface area contributed by atoms with E-state index < -0.39 is 5.69 Å². The molecule has 0 spiro atoms. The number of aromatic amines is 2. The van der Waals surface area contributed by atoms with Crippen LogP contribution >= 0.6 is 0 Å². The first kappa shape index (κ1) is 17.2. The van der Waals surface area contributed by atoms with Crippen molar-refractivity contribution in [3.05, 3.63) is 63.4 Å². The molecule has 4 aromatic rings. The number of aromatic nitrogens is 5. The maximum atomic E-state index is 11.4. The van der Waals surface area contributed by atoms with Crippen LogP contribution in [0.5, 0.6) is 11.6 Å². The molecule has 0 saturated heterocycles. The zero-order valence-corrected chi connectivity index (χ0v) is 15.6. The van der Waals surface area contributed by atoms with Crippen molar-refractivity contribution >= 4 is 11.7 Å². The van der Waals surface area contributed by atoms with E-state index in [-0.39, 0.29) is 11.6 Å². The van der Waals surface area contributed by atoms with E-state index in [0.717, 1.165) is 29.8 Å². The Hall–Kier alpha value is -3.88. The maximum absolute atomic E-state index is 11.4. The van der Waals surface area contributed by atoms with E-state index in [0.29, 0.717) is 22.4 Å². The summed E-state index contributed by atoms with van der Waals surface area (Å²) in [4.78, 5) is 25.8. The summed E-state index contributed by atoms with van der Waals surface area (Å²) < 4.78 is 7.01. The lowest BCUT2D eigenvalue weighted by Gasteiger charge is -2.05. The first-order chi connectivity index (χ1) is 14.1. The van der Waals surface area contributed by atoms with E-state index >= 15 is 0 Å². The number of aromatic hydroxyl groups is 1. The summed E-state index contributed by atoms with van der Waals surface area (Å²) in [6.07, 6.45) is 5.39. The van der Waals surface area contributed by atoms with Gasteiger partial charge >= 0.3 is 5.69 Å². The number of nitrogens with zero attached hydrogens (tertiary/aromatic N) is 4. The number of ether oxygens (including phenoxy) is 1. The highest BCUT2D eigenvalue weighted by Gasteiger charge is 2.20. The van der Waals surface area contributed by atoms with Crippen LogP contribution in [0.25, 0.3) is 23.0 Å². The number of benzene rings is 1. The second-order valence-electron chi connectivity index (χ2n) is 6.91. The predicted octanol–water partition coefficient (Wildman–Crippen LogP) is 0.738. The molecule has 1 fully saturated rings. The predicted molar refractivity (Wildman–Crippen MR) is 105 cm³/mol. The molecule has 0 radical (unpaired) electrons. The molecule has 0 amide bonds. The summed E-state index contributed by atoms with van der Waals surface area (Å²) in [5.74, 6) is 0.501. The summed E-state index contributed by atoms with van der Waals surface area (Å²) >= 11 is 0. The number of H-pyrrole nitrogens is 2. The topological polar surface area (TPSA) is 121 Å². The zero-order valence-electron chi connectivity index (χ0n) is 15.6. The lowest BCUT2D eigenvalue weighted by Crippen LogP contribution is -2.19. The SMILES string of the molecule is COc1cccc(-c2cc(=NC3CC3)n3nc/c(=C\c4[nH]c(=O)[nH]c4O)c3n2)c1. The van der Waals surface area contributed by atoms with Crippen LogP contribution in [0.2, 0.25) is 0 Å². The van der Waals surface area contributed by atoms with Crippen LogP contribution in [0.3, 0.4) is 0 Å². The smallest absolute Gasteiger partial charge is 0.326 e. The van der Waals surface area contributed by atoms with E-state index in [9.17, 15) is 9.90 Å². The third-order valence-corrected chi connectivity index (χ3v) is 4.74. The lowest BCUT2D eigenvalue weighted by molar-refractivity contribution is 0.415. The van der Waals surface area contributed by atoms with Gasteiger partial charge in [-0.25, -0.2) is 9.78 Å². The van der Waals surface area contributed by atoms with Gasteiger partial charge in [0.05, 0.1) is 25.0 Å². The van der Waals surface area contributed by atoms with Crippen molar-refractivity contribution in [2.24, 2.45) is 4.99 Å². The largest absolute Gasteiger partial charge is 0.497 e. The molecule has 3 aromatic heterocycles. The van der Waals surface area contributed by atoms with Gasteiger partial charge in [-0.2, -0.15) is 9.61 Å². The van der Waals surface area contributed by atoms with Crippen molar-refractivity contribution in [2.75, 3.05) is 7.11 Å². The molecule has 29 heavy (non-hydrogen) atoms. The Labute approximate surface area is 164 Å². The highest BCUT2D eigenvalue weighted by molar-refractivity contribution is 5.64. The molecule has 0 aliphatic heterocycles. The minimum atomic E-state index is -0.486. The van der Waals surface area contributed by atoms with Gasteiger partial charge < -0.3 is 14.8 Å². The molecule has 5 rings (SSSR count). The van der Waals surface area contributed by atoms with E-state index in [2.05, 4.69) is 15.1 Å². The molecule has 1 aliphatic rings. The molecule has 3 heterocycles. The van der Waals surface area contributed by atoms with Crippen molar-refractivity contribution < 1.29 is 9.84 Å². The van der Waals surface area contributed by atoms with Gasteiger partial charge in [-0.1, -0.05) is 12.1 Å². The molecule has 0 bridgehead atoms. The van der Waals surface area contributed by atoms with Crippen LogP contribution in [0, 0.1) is 0 Å². The van der Waals surface area contributed by atoms with Gasteiger partial charge in [-0.05, 0) is 31.1 Å². The number of hydrogen-bond acceptors (Lipinski definition) is 6. The number of fused-ring (bicyclic) bond motifs is 1. The van der Waals surface area contributed by atoms with Crippen molar-refractivity contribution in [3.8, 4) is 22.9 Å². The van der Waals surface area contributed by atoms with Crippen LogP contribution in [0.4, 0.5) is 0 Å². The number of hydrogen-bond donors (Lipinski definition) is 3. The molecule has 9 heteroatoms. The number of methoxy groups -OCH3 is 1. The number of rotatable bonds is 4. The van der Waals surface area contributed by atoms with E-state index in [4.69, 9.17) is 14.7 Å². The summed E-state index contributed by atoms with van der Waals surface area (Å²) in [6.45, 7) is 0. The van der Waals surface area contributed by atoms with Crippen LogP contribution in [0.1, 0.15) is 18.5 Å². The first-order valence-corrected chi connectivity index (χ1v) is 9.21. The second-order valence-corrected chi connectivity index (χ2v) is 6.91. The Morgan fingerprint density at radius 3 is 2.90 bits per heavy atom. The average molecular weight is 390 g/mol. The maximum Gasteiger partial charge on any atom is 0.326 e. The highest BCUT2D eigenvalue weighted by atomic mass is 16.5. The van der Waals surface area contributed by atoms with Crippen LogP contribution in [0.15, 0.2) is 46.3 Å². The molecule has 1 aliphatic carbocycles. The van der Waals surface area contributed by atoms with Gasteiger partial charge in [0, 0.05) is 16.8 Å². The zero-order chi connectivity index (χ0) is 20.0. The fraction of sp³-hybridized carbons (Fsp3) is 0.200. The molecule has 3 N–H and O–H groups in total. The van der Waals surface area contributed by atoms with Crippen LogP contribution < -0.4 is 21.1 Å². The second kappa shape index (κ2) is 6.62. The Morgan fingerprint density at radius 2 is 2.17 bits per heavy atom. The Morgan fingerprint density at radius 1 is 1.31 bits per heavy atom. The van der Waals surface area contributed by atoms with Crippen LogP contribution in [-0.4, -0.2) is 42.8 Å². The highest BCUT2D eigenvalue weighted by Crippen LogP contribution is 2.24. The first-order valence-electron chi connectivity index (χ1n) is 9.21. The molecule has 0 atom stereocenters. The summed E-state index contributed by atoms with van der Waals surface area (Å²) in [5.41, 5.74) is 2.69. The molecule has 146 valence electrons. The monoisotopic (exact) mass is 390 g/mol. The summed E-state index contributed by atoms with van der Waals surface area (Å²) in [5, 5.41) is 14.9. The molecule has 0 unspecified atom stereocenters. The molecule has 1 saturated carbocycles. The molecule has 1 aromatic carbocycles. The van der Waals surface area contributed by atoms with Crippen molar-refractivity contribution in [1.82, 2.24) is 24.6 Å². The van der Waals surface area contributed by atoms with Gasteiger partial charge in [0.2, 0.25) is 5.88 Å². The van der Waals surface area contributed by atoms with Gasteiger partial charge in [0.1, 0.15) is 11.4 Å². The van der Waals surface area contributed by atoms with Crippen LogP contribution in [-0.2, 0) is 0 Å². The number of imidazole rings is 1. The lowest BCUT2D eigenvalue weighted by atomic mass is 10.1. The molecular formula is C20H18N6O3. The summed E-state index contributed by atoms with van der Waals surface area (Å²) in [7, 11) is 1.62. The molecular weight excluding hydrogens is 372 g/mol. The minimum absolute atomic E-state index is 0.235. The van der Waals surface area contributed by atoms with Gasteiger partial charge in [-0.3, -0.25) is 9.98 Å². The quantitative estimate of drug-likeness (QED) is 0.475. The average Bonchev–Trinajstić information content (AvgIpc) is 3.36. The molecule has 9 nitrogen and oxygen atoms in total. The van der Waals surface area contributed by atoms with E-state index in [1.807, 2.05) is 30.3 Å². The van der Waals surface area contributed by atoms with E-state index in [1.54, 1.807) is 23.9 Å². The van der Waals surface area contributed by atoms with Crippen molar-refractivity contribution in [2.45, 2.75) is 18.9 Å². The van der Waals surface area contributed by atoms with E-state index in [1.165, 1.54) is 0 Å². The minimum Gasteiger partial charge on any atom is -0.497 e. The number of nitrogens with one attached hydrogen (secondary N) is 2. The summed E-state index contributed by atoms with van der Waals surface area (Å²) in [6, 6.07) is 9.86. The Balaban J connectivity index is 1.77. The third-order valence-electron chi connectivity index (χ3n) is 4.74. The van der Waals surface area contributed by atoms with Gasteiger partial charge in [0.25, 0.3) is 0 Å². The van der Waals surface area contributed by atoms with Crippen molar-refractivity contribution in [3.63, 3.8) is 0 Å². The third kappa shape index (κ3) is 3.27. The Bertz CT molecular complexity index is 1390. The van der Waals surface area contributed by atoms with Gasteiger partial charge in [-0.15, -0.1) is 0 Å². The normalized spacial score (nSPS) is 15.3. The standard InChI is InChI=1S/C20H18N6O3/c1-29-14-4-2-3-11(7-14)15-9-17(22-13-5-6-13)26-18(23-15)12(10-21-26)8-16-19(27)25-20(28)24-16/h2-4,7-10,13,27H,5-6H2,1H3,(H2,24,25,28)/b12-8+,22-17?.